The maximum atomic E-state index is 5.51. The quantitative estimate of drug-likeness (QED) is 0.686. The van der Waals surface area contributed by atoms with Crippen LogP contribution in [0.1, 0.15) is 53.4 Å². The smallest absolute Gasteiger partial charge is 0.0842 e. The van der Waals surface area contributed by atoms with Gasteiger partial charge in [0.1, 0.15) is 0 Å². The lowest BCUT2D eigenvalue weighted by Gasteiger charge is -2.43. The molecule has 0 aliphatic carbocycles. The number of rotatable bonds is 0. The number of hydrogen-bond acceptors (Lipinski definition) is 4. The van der Waals surface area contributed by atoms with Gasteiger partial charge in [-0.3, -0.25) is 4.90 Å². The summed E-state index contributed by atoms with van der Waals surface area (Å²) in [5, 5.41) is 0. The van der Waals surface area contributed by atoms with Crippen LogP contribution in [0.3, 0.4) is 0 Å². The predicted octanol–water partition coefficient (Wildman–Crippen LogP) is 3.01. The summed E-state index contributed by atoms with van der Waals surface area (Å²) in [6, 6.07) is 0. The summed E-state index contributed by atoms with van der Waals surface area (Å²) in [5.41, 5.74) is 0.800. The second-order valence-electron chi connectivity index (χ2n) is 6.51. The highest BCUT2D eigenvalue weighted by molar-refractivity contribution is 4.99. The zero-order chi connectivity index (χ0) is 16.6. The van der Waals surface area contributed by atoms with E-state index in [0.717, 1.165) is 26.4 Å². The van der Waals surface area contributed by atoms with Gasteiger partial charge in [-0.25, -0.2) is 0 Å². The van der Waals surface area contributed by atoms with E-state index >= 15 is 0 Å². The van der Waals surface area contributed by atoms with Crippen molar-refractivity contribution in [1.29, 1.82) is 0 Å². The molecule has 1 unspecified atom stereocenters. The molecule has 4 nitrogen and oxygen atoms in total. The monoisotopic (exact) mass is 314 g/mol. The SMILES string of the molecule is CC.CC.CN1CCC2(CCO2)C1.CN1CCCC12COC2. The number of hydrogen-bond donors (Lipinski definition) is 0. The molecule has 4 aliphatic rings. The van der Waals surface area contributed by atoms with Gasteiger partial charge in [-0.2, -0.15) is 0 Å². The van der Waals surface area contributed by atoms with Crippen LogP contribution in [-0.2, 0) is 9.47 Å². The minimum atomic E-state index is 0.314. The van der Waals surface area contributed by atoms with Crippen molar-refractivity contribution < 1.29 is 9.47 Å². The topological polar surface area (TPSA) is 24.9 Å². The summed E-state index contributed by atoms with van der Waals surface area (Å²) in [4.78, 5) is 4.79. The highest BCUT2D eigenvalue weighted by atomic mass is 16.5. The number of ether oxygens (including phenoxy) is 2. The fourth-order valence-electron chi connectivity index (χ4n) is 3.53. The number of likely N-dealkylation sites (tertiary alicyclic amines) is 2. The van der Waals surface area contributed by atoms with Gasteiger partial charge in [-0.05, 0) is 39.9 Å². The summed E-state index contributed by atoms with van der Waals surface area (Å²) in [5.74, 6) is 0. The van der Waals surface area contributed by atoms with E-state index in [-0.39, 0.29) is 0 Å². The molecule has 4 heterocycles. The molecule has 0 amide bonds. The third kappa shape index (κ3) is 4.44. The first kappa shape index (κ1) is 19.9. The highest BCUT2D eigenvalue weighted by Crippen LogP contribution is 2.35. The Morgan fingerprint density at radius 1 is 0.864 bits per heavy atom. The van der Waals surface area contributed by atoms with E-state index in [9.17, 15) is 0 Å². The van der Waals surface area contributed by atoms with Crippen molar-refractivity contribution in [3.8, 4) is 0 Å². The molecule has 0 aromatic heterocycles. The van der Waals surface area contributed by atoms with Crippen LogP contribution in [0.15, 0.2) is 0 Å². The molecule has 0 saturated carbocycles. The zero-order valence-electron chi connectivity index (χ0n) is 15.8. The molecule has 22 heavy (non-hydrogen) atoms. The molecule has 4 aliphatic heterocycles. The Morgan fingerprint density at radius 3 is 1.68 bits per heavy atom. The molecule has 4 rings (SSSR count). The van der Waals surface area contributed by atoms with Crippen molar-refractivity contribution >= 4 is 0 Å². The van der Waals surface area contributed by atoms with Gasteiger partial charge in [0.25, 0.3) is 0 Å². The molecule has 1 atom stereocenters. The van der Waals surface area contributed by atoms with Crippen molar-refractivity contribution in [2.45, 2.75) is 64.5 Å². The van der Waals surface area contributed by atoms with Gasteiger partial charge in [0.2, 0.25) is 0 Å². The first-order chi connectivity index (χ1) is 10.6. The molecule has 132 valence electrons. The van der Waals surface area contributed by atoms with E-state index in [1.165, 1.54) is 38.8 Å². The van der Waals surface area contributed by atoms with Gasteiger partial charge in [-0.15, -0.1) is 0 Å². The zero-order valence-corrected chi connectivity index (χ0v) is 15.8. The molecular weight excluding hydrogens is 276 g/mol. The maximum Gasteiger partial charge on any atom is 0.0842 e. The van der Waals surface area contributed by atoms with Crippen LogP contribution in [0.5, 0.6) is 0 Å². The Balaban J connectivity index is 0.000000180. The van der Waals surface area contributed by atoms with Gasteiger partial charge >= 0.3 is 0 Å². The first-order valence-electron chi connectivity index (χ1n) is 9.26. The third-order valence-electron chi connectivity index (χ3n) is 5.16. The van der Waals surface area contributed by atoms with Crippen molar-refractivity contribution in [2.24, 2.45) is 0 Å². The van der Waals surface area contributed by atoms with E-state index in [0.29, 0.717) is 11.1 Å². The van der Waals surface area contributed by atoms with Crippen LogP contribution in [0.2, 0.25) is 0 Å². The van der Waals surface area contributed by atoms with Crippen LogP contribution >= 0.6 is 0 Å². The molecule has 4 heteroatoms. The molecule has 4 fully saturated rings. The standard InChI is InChI=1S/2C7H13NO.2C2H6/c1-8-4-2-7(6-8)3-5-9-7;1-8-4-2-3-7(8)5-9-6-7;2*1-2/h2*2-6H2,1H3;2*1-2H3. The van der Waals surface area contributed by atoms with Crippen LogP contribution < -0.4 is 0 Å². The number of nitrogens with zero attached hydrogens (tertiary/aromatic N) is 2. The van der Waals surface area contributed by atoms with Crippen molar-refractivity contribution in [3.05, 3.63) is 0 Å². The minimum Gasteiger partial charge on any atom is -0.377 e. The number of likely N-dealkylation sites (N-methyl/N-ethyl adjacent to an activating group) is 2. The minimum absolute atomic E-state index is 0.314. The second kappa shape index (κ2) is 9.21. The Kier molecular flexibility index (Phi) is 8.33. The highest BCUT2D eigenvalue weighted by Gasteiger charge is 2.45. The van der Waals surface area contributed by atoms with Crippen molar-refractivity contribution in [2.75, 3.05) is 53.6 Å². The summed E-state index contributed by atoms with van der Waals surface area (Å²) in [6.45, 7) is 14.6. The third-order valence-corrected chi connectivity index (χ3v) is 5.16. The van der Waals surface area contributed by atoms with Crippen molar-refractivity contribution in [1.82, 2.24) is 9.80 Å². The normalized spacial score (nSPS) is 31.9. The van der Waals surface area contributed by atoms with Crippen LogP contribution in [0, 0.1) is 0 Å². The van der Waals surface area contributed by atoms with Crippen molar-refractivity contribution in [3.63, 3.8) is 0 Å². The van der Waals surface area contributed by atoms with Gasteiger partial charge < -0.3 is 14.4 Å². The lowest BCUT2D eigenvalue weighted by Crippen LogP contribution is -2.57. The van der Waals surface area contributed by atoms with Gasteiger partial charge in [-0.1, -0.05) is 27.7 Å². The molecule has 0 bridgehead atoms. The molecule has 4 saturated heterocycles. The average Bonchev–Trinajstić information content (AvgIpc) is 3.06. The van der Waals surface area contributed by atoms with E-state index in [4.69, 9.17) is 9.47 Å². The van der Waals surface area contributed by atoms with Crippen LogP contribution in [-0.4, -0.2) is 74.5 Å². The molecule has 2 spiro atoms. The summed E-state index contributed by atoms with van der Waals surface area (Å²) in [7, 11) is 4.37. The fraction of sp³-hybridized carbons (Fsp3) is 1.00. The molecule has 0 radical (unpaired) electrons. The lowest BCUT2D eigenvalue weighted by molar-refractivity contribution is -0.136. The first-order valence-corrected chi connectivity index (χ1v) is 9.26. The fourth-order valence-corrected chi connectivity index (χ4v) is 3.53. The Morgan fingerprint density at radius 2 is 1.50 bits per heavy atom. The van der Waals surface area contributed by atoms with Gasteiger partial charge in [0.05, 0.1) is 31.0 Å². The Bertz CT molecular complexity index is 301. The van der Waals surface area contributed by atoms with Gasteiger partial charge in [0, 0.05) is 19.5 Å². The summed E-state index contributed by atoms with van der Waals surface area (Å²) >= 11 is 0. The van der Waals surface area contributed by atoms with Gasteiger partial charge in [0.15, 0.2) is 0 Å². The second-order valence-corrected chi connectivity index (χ2v) is 6.51. The predicted molar refractivity (Wildman–Crippen MR) is 93.5 cm³/mol. The van der Waals surface area contributed by atoms with E-state index in [1.807, 2.05) is 27.7 Å². The van der Waals surface area contributed by atoms with E-state index < -0.39 is 0 Å². The maximum absolute atomic E-state index is 5.51. The Hall–Kier alpha value is -0.160. The molecular formula is C18H38N2O2. The molecule has 0 aromatic carbocycles. The summed E-state index contributed by atoms with van der Waals surface area (Å²) < 4.78 is 10.7. The molecule has 0 aromatic rings. The van der Waals surface area contributed by atoms with Crippen LogP contribution in [0.4, 0.5) is 0 Å². The van der Waals surface area contributed by atoms with E-state index in [1.54, 1.807) is 0 Å². The molecule has 0 N–H and O–H groups in total. The van der Waals surface area contributed by atoms with Crippen LogP contribution in [0.25, 0.3) is 0 Å². The lowest BCUT2D eigenvalue weighted by atomic mass is 9.94. The van der Waals surface area contributed by atoms with E-state index in [2.05, 4.69) is 23.9 Å². The Labute approximate surface area is 138 Å². The average molecular weight is 315 g/mol. The largest absolute Gasteiger partial charge is 0.377 e. The summed E-state index contributed by atoms with van der Waals surface area (Å²) in [6.07, 6.45) is 5.25.